The molecule has 0 aliphatic heterocycles. The first-order valence-electron chi connectivity index (χ1n) is 7.56. The first-order chi connectivity index (χ1) is 11.0. The van der Waals surface area contributed by atoms with Crippen molar-refractivity contribution >= 4 is 17.4 Å². The van der Waals surface area contributed by atoms with Gasteiger partial charge in [-0.2, -0.15) is 0 Å². The third kappa shape index (κ3) is 4.42. The van der Waals surface area contributed by atoms with Gasteiger partial charge in [0.1, 0.15) is 0 Å². The van der Waals surface area contributed by atoms with E-state index in [4.69, 9.17) is 0 Å². The van der Waals surface area contributed by atoms with Gasteiger partial charge in [-0.1, -0.05) is 44.2 Å². The fourth-order valence-corrected chi connectivity index (χ4v) is 2.21. The van der Waals surface area contributed by atoms with Crippen LogP contribution >= 0.6 is 0 Å². The summed E-state index contributed by atoms with van der Waals surface area (Å²) < 4.78 is 4.68. The number of carbonyl (C=O) groups is 2. The molecule has 2 rings (SSSR count). The predicted molar refractivity (Wildman–Crippen MR) is 91.1 cm³/mol. The van der Waals surface area contributed by atoms with Gasteiger partial charge in [0, 0.05) is 11.3 Å². The minimum Gasteiger partial charge on any atom is -0.465 e. The summed E-state index contributed by atoms with van der Waals surface area (Å²) in [6.45, 7) is 4.41. The van der Waals surface area contributed by atoms with Crippen LogP contribution in [0.2, 0.25) is 0 Å². The molecule has 1 N–H and O–H groups in total. The molecular weight excluding hydrogens is 290 g/mol. The summed E-state index contributed by atoms with van der Waals surface area (Å²) in [5, 5.41) is 3.04. The molecule has 4 heteroatoms. The number of hydrogen-bond donors (Lipinski definition) is 1. The number of benzene rings is 2. The molecular formula is C19H21NO3. The van der Waals surface area contributed by atoms with Crippen LogP contribution in [0, 0.1) is 0 Å². The number of methoxy groups -OCH3 is 1. The Morgan fingerprint density at radius 2 is 1.74 bits per heavy atom. The number of carbonyl (C=O) groups excluding carboxylic acids is 2. The molecule has 120 valence electrons. The molecule has 0 saturated heterocycles. The highest BCUT2D eigenvalue weighted by Crippen LogP contribution is 2.16. The van der Waals surface area contributed by atoms with Gasteiger partial charge in [0.2, 0.25) is 0 Å². The molecule has 0 heterocycles. The minimum absolute atomic E-state index is 0.00350. The first kappa shape index (κ1) is 16.7. The van der Waals surface area contributed by atoms with Gasteiger partial charge in [0.15, 0.2) is 5.78 Å². The number of hydrogen-bond acceptors (Lipinski definition) is 4. The van der Waals surface area contributed by atoms with Crippen molar-refractivity contribution in [2.24, 2.45) is 0 Å². The second-order valence-electron chi connectivity index (χ2n) is 5.63. The van der Waals surface area contributed by atoms with E-state index in [1.807, 2.05) is 30.3 Å². The van der Waals surface area contributed by atoms with Crippen LogP contribution in [0.1, 0.15) is 46.0 Å². The highest BCUT2D eigenvalue weighted by molar-refractivity contribution is 5.99. The minimum atomic E-state index is -0.399. The van der Waals surface area contributed by atoms with Crippen LogP contribution in [-0.2, 0) is 4.74 Å². The number of Topliss-reactive ketones (excluding diaryl/α,β-unsaturated/α-hetero) is 1. The van der Waals surface area contributed by atoms with Crippen LogP contribution in [-0.4, -0.2) is 25.4 Å². The van der Waals surface area contributed by atoms with Crippen molar-refractivity contribution in [1.29, 1.82) is 0 Å². The summed E-state index contributed by atoms with van der Waals surface area (Å²) in [6, 6.07) is 14.6. The predicted octanol–water partition coefficient (Wildman–Crippen LogP) is 3.89. The van der Waals surface area contributed by atoms with Gasteiger partial charge in [-0.15, -0.1) is 0 Å². The maximum absolute atomic E-state index is 12.2. The van der Waals surface area contributed by atoms with E-state index < -0.39 is 5.97 Å². The summed E-state index contributed by atoms with van der Waals surface area (Å²) in [5.41, 5.74) is 3.04. The highest BCUT2D eigenvalue weighted by Gasteiger charge is 2.09. The second kappa shape index (κ2) is 7.58. The number of anilines is 1. The zero-order valence-electron chi connectivity index (χ0n) is 13.6. The van der Waals surface area contributed by atoms with E-state index in [1.165, 1.54) is 12.7 Å². The van der Waals surface area contributed by atoms with Crippen molar-refractivity contribution < 1.29 is 14.3 Å². The van der Waals surface area contributed by atoms with Crippen LogP contribution in [0.4, 0.5) is 5.69 Å². The van der Waals surface area contributed by atoms with Gasteiger partial charge in [-0.3, -0.25) is 4.79 Å². The molecule has 0 unspecified atom stereocenters. The van der Waals surface area contributed by atoms with E-state index >= 15 is 0 Å². The third-order valence-electron chi connectivity index (χ3n) is 3.64. The summed E-state index contributed by atoms with van der Waals surface area (Å²) in [5.74, 6) is 0.0476. The largest absolute Gasteiger partial charge is 0.465 e. The molecule has 2 aromatic carbocycles. The lowest BCUT2D eigenvalue weighted by molar-refractivity contribution is 0.0600. The van der Waals surface area contributed by atoms with Crippen molar-refractivity contribution in [2.75, 3.05) is 19.0 Å². The van der Waals surface area contributed by atoms with Gasteiger partial charge in [-0.05, 0) is 29.7 Å². The topological polar surface area (TPSA) is 55.4 Å². The zero-order valence-corrected chi connectivity index (χ0v) is 13.6. The van der Waals surface area contributed by atoms with Crippen molar-refractivity contribution in [2.45, 2.75) is 19.8 Å². The standard InChI is InChI=1S/C19H21NO3/c1-13(2)14-7-9-15(10-8-14)18(21)12-20-17-6-4-5-16(11-17)19(22)23-3/h4-11,13,20H,12H2,1-3H3. The van der Waals surface area contributed by atoms with Crippen molar-refractivity contribution in [1.82, 2.24) is 0 Å². The fraction of sp³-hybridized carbons (Fsp3) is 0.263. The van der Waals surface area contributed by atoms with Gasteiger partial charge in [0.25, 0.3) is 0 Å². The molecule has 0 spiro atoms. The van der Waals surface area contributed by atoms with Crippen LogP contribution in [0.3, 0.4) is 0 Å². The lowest BCUT2D eigenvalue weighted by Crippen LogP contribution is -2.14. The first-order valence-corrected chi connectivity index (χ1v) is 7.56. The van der Waals surface area contributed by atoms with E-state index in [0.29, 0.717) is 22.7 Å². The second-order valence-corrected chi connectivity index (χ2v) is 5.63. The Balaban J connectivity index is 2.00. The molecule has 0 saturated carbocycles. The SMILES string of the molecule is COC(=O)c1cccc(NCC(=O)c2ccc(C(C)C)cc2)c1. The van der Waals surface area contributed by atoms with E-state index in [2.05, 4.69) is 23.9 Å². The highest BCUT2D eigenvalue weighted by atomic mass is 16.5. The molecule has 0 fully saturated rings. The lowest BCUT2D eigenvalue weighted by Gasteiger charge is -2.09. The van der Waals surface area contributed by atoms with E-state index in [-0.39, 0.29) is 12.3 Å². The Hall–Kier alpha value is -2.62. The molecule has 0 aliphatic rings. The van der Waals surface area contributed by atoms with Gasteiger partial charge >= 0.3 is 5.97 Å². The molecule has 0 radical (unpaired) electrons. The normalized spacial score (nSPS) is 10.4. The maximum Gasteiger partial charge on any atom is 0.337 e. The Labute approximate surface area is 136 Å². The molecule has 0 atom stereocenters. The molecule has 23 heavy (non-hydrogen) atoms. The smallest absolute Gasteiger partial charge is 0.337 e. The van der Waals surface area contributed by atoms with E-state index in [0.717, 1.165) is 0 Å². The molecule has 0 bridgehead atoms. The summed E-state index contributed by atoms with van der Waals surface area (Å²) >= 11 is 0. The fourth-order valence-electron chi connectivity index (χ4n) is 2.21. The molecule has 0 amide bonds. The number of ether oxygens (including phenoxy) is 1. The summed E-state index contributed by atoms with van der Waals surface area (Å²) in [6.07, 6.45) is 0. The Morgan fingerprint density at radius 3 is 2.35 bits per heavy atom. The quantitative estimate of drug-likeness (QED) is 0.649. The number of ketones is 1. The van der Waals surface area contributed by atoms with Gasteiger partial charge in [-0.25, -0.2) is 4.79 Å². The van der Waals surface area contributed by atoms with E-state index in [9.17, 15) is 9.59 Å². The average molecular weight is 311 g/mol. The van der Waals surface area contributed by atoms with Crippen LogP contribution < -0.4 is 5.32 Å². The van der Waals surface area contributed by atoms with Gasteiger partial charge < -0.3 is 10.1 Å². The Bertz CT molecular complexity index is 690. The number of rotatable bonds is 6. The molecule has 2 aromatic rings. The zero-order chi connectivity index (χ0) is 16.8. The number of nitrogens with one attached hydrogen (secondary N) is 1. The average Bonchev–Trinajstić information content (AvgIpc) is 2.59. The van der Waals surface area contributed by atoms with Crippen LogP contribution in [0.15, 0.2) is 48.5 Å². The van der Waals surface area contributed by atoms with Crippen molar-refractivity contribution in [3.8, 4) is 0 Å². The maximum atomic E-state index is 12.2. The Kier molecular flexibility index (Phi) is 5.52. The van der Waals surface area contributed by atoms with Crippen LogP contribution in [0.5, 0.6) is 0 Å². The van der Waals surface area contributed by atoms with E-state index in [1.54, 1.807) is 18.2 Å². The van der Waals surface area contributed by atoms with Crippen molar-refractivity contribution in [3.05, 3.63) is 65.2 Å². The third-order valence-corrected chi connectivity index (χ3v) is 3.64. The van der Waals surface area contributed by atoms with Gasteiger partial charge in [0.05, 0.1) is 19.2 Å². The molecule has 0 aromatic heterocycles. The number of esters is 1. The van der Waals surface area contributed by atoms with Crippen LogP contribution in [0.25, 0.3) is 0 Å². The monoisotopic (exact) mass is 311 g/mol. The Morgan fingerprint density at radius 1 is 1.04 bits per heavy atom. The lowest BCUT2D eigenvalue weighted by atomic mass is 10.0. The molecule has 4 nitrogen and oxygen atoms in total. The van der Waals surface area contributed by atoms with Crippen molar-refractivity contribution in [3.63, 3.8) is 0 Å². The summed E-state index contributed by atoms with van der Waals surface area (Å²) in [7, 11) is 1.34. The summed E-state index contributed by atoms with van der Waals surface area (Å²) in [4.78, 5) is 23.7. The molecule has 0 aliphatic carbocycles.